The van der Waals surface area contributed by atoms with E-state index in [4.69, 9.17) is 0 Å². The second kappa shape index (κ2) is 34.1. The van der Waals surface area contributed by atoms with Crippen molar-refractivity contribution in [2.75, 3.05) is 52.6 Å². The van der Waals surface area contributed by atoms with Gasteiger partial charge in [0.05, 0.1) is 0 Å². The van der Waals surface area contributed by atoms with Gasteiger partial charge in [-0.05, 0) is 22.3 Å². The van der Waals surface area contributed by atoms with E-state index in [-0.39, 0.29) is 115 Å². The molecule has 0 aliphatic carbocycles. The molecule has 13 nitrogen and oxygen atoms in total. The predicted molar refractivity (Wildman–Crippen MR) is 176 cm³/mol. The summed E-state index contributed by atoms with van der Waals surface area (Å²) in [7, 11) is 0. The standard InChI is InChI=1S/4C9H10NO2.2Mn.H2O/c4*11-6-5-10-7-8-3-1-2-4-9(8)12;;;/h4*1-4,7,12H,5-6H2;;;1H2/q4*-1;;;/p-4. The minimum absolute atomic E-state index is 0. The average molecular weight is 781 g/mol. The molecule has 278 valence electrons. The molecule has 2 radical (unpaired) electrons. The van der Waals surface area contributed by atoms with Gasteiger partial charge in [-0.25, -0.2) is 0 Å². The van der Waals surface area contributed by atoms with Crippen LogP contribution in [-0.2, 0) is 34.1 Å². The van der Waals surface area contributed by atoms with Crippen LogP contribution in [0.5, 0.6) is 23.0 Å². The summed E-state index contributed by atoms with van der Waals surface area (Å²) < 4.78 is 0. The normalized spacial score (nSPS) is 10.1. The Labute approximate surface area is 319 Å². The van der Waals surface area contributed by atoms with Gasteiger partial charge in [0, 0.05) is 85.2 Å². The van der Waals surface area contributed by atoms with Crippen molar-refractivity contribution >= 4 is 24.9 Å². The molecule has 4 aromatic carbocycles. The molecule has 4 rings (SSSR count). The van der Waals surface area contributed by atoms with Crippen LogP contribution in [0.15, 0.2) is 117 Å². The zero-order valence-corrected chi connectivity index (χ0v) is 29.9. The van der Waals surface area contributed by atoms with E-state index < -0.39 is 0 Å². The number of hydrogen-bond donors (Lipinski definition) is 0. The van der Waals surface area contributed by atoms with Crippen LogP contribution in [0.3, 0.4) is 0 Å². The molecule has 0 aliphatic heterocycles. The first-order valence-corrected chi connectivity index (χ1v) is 14.7. The minimum Gasteiger partial charge on any atom is -0.872 e. The smallest absolute Gasteiger partial charge is 0.0278 e. The third-order valence-electron chi connectivity index (χ3n) is 5.48. The van der Waals surface area contributed by atoms with Gasteiger partial charge in [0.1, 0.15) is 0 Å². The minimum atomic E-state index is -0.239. The monoisotopic (exact) mass is 780 g/mol. The van der Waals surface area contributed by atoms with Crippen LogP contribution in [-0.4, -0.2) is 82.9 Å². The molecular weight excluding hydrogens is 742 g/mol. The summed E-state index contributed by atoms with van der Waals surface area (Å²) in [6.45, 7) is -0.0323. The number of aliphatic imine (C=N–C) groups is 4. The van der Waals surface area contributed by atoms with Gasteiger partial charge in [0.2, 0.25) is 0 Å². The van der Waals surface area contributed by atoms with Crippen LogP contribution >= 0.6 is 0 Å². The van der Waals surface area contributed by atoms with Gasteiger partial charge in [-0.2, -0.15) is 0 Å². The van der Waals surface area contributed by atoms with Gasteiger partial charge < -0.3 is 46.3 Å². The summed E-state index contributed by atoms with van der Waals surface area (Å²) in [5.74, 6) is -0.251. The molecule has 51 heavy (non-hydrogen) atoms. The van der Waals surface area contributed by atoms with Crippen LogP contribution in [0.2, 0.25) is 0 Å². The quantitative estimate of drug-likeness (QED) is 0.108. The van der Waals surface area contributed by atoms with Gasteiger partial charge in [-0.15, -0.1) is 49.4 Å². The van der Waals surface area contributed by atoms with Gasteiger partial charge in [-0.1, -0.05) is 97.1 Å². The summed E-state index contributed by atoms with van der Waals surface area (Å²) in [6.07, 6.45) is 5.78. The Morgan fingerprint density at radius 2 is 0.529 bits per heavy atom. The molecular formula is C36H38Mn2N4O9-8. The Balaban J connectivity index is -0.000000591. The second-order valence-corrected chi connectivity index (χ2v) is 9.11. The molecule has 2 N–H and O–H groups in total. The topological polar surface area (TPSA) is 265 Å². The maximum Gasteiger partial charge on any atom is 0.0278 e. The zero-order chi connectivity index (χ0) is 35.2. The summed E-state index contributed by atoms with van der Waals surface area (Å²) in [4.78, 5) is 15.1. The Kier molecular flexibility index (Phi) is 34.0. The first kappa shape index (κ1) is 51.0. The number of benzene rings is 4. The van der Waals surface area contributed by atoms with E-state index in [1.807, 2.05) is 0 Å². The van der Waals surface area contributed by atoms with E-state index in [0.717, 1.165) is 0 Å². The number of para-hydroxylation sites is 4. The van der Waals surface area contributed by atoms with Crippen LogP contribution in [0.4, 0.5) is 0 Å². The summed E-state index contributed by atoms with van der Waals surface area (Å²) in [5, 5.41) is 84.2. The van der Waals surface area contributed by atoms with Crippen molar-refractivity contribution < 1.29 is 80.5 Å². The Hall–Kier alpha value is -4.40. The van der Waals surface area contributed by atoms with Gasteiger partial charge in [-0.3, -0.25) is 20.0 Å². The van der Waals surface area contributed by atoms with E-state index in [2.05, 4.69) is 20.0 Å². The fourth-order valence-corrected chi connectivity index (χ4v) is 3.21. The molecule has 0 bridgehead atoms. The first-order chi connectivity index (χ1) is 23.4. The van der Waals surface area contributed by atoms with Crippen molar-refractivity contribution in [2.45, 2.75) is 0 Å². The molecule has 0 atom stereocenters. The van der Waals surface area contributed by atoms with Gasteiger partial charge >= 0.3 is 0 Å². The number of rotatable bonds is 12. The summed E-state index contributed by atoms with van der Waals surface area (Å²) in [5.41, 5.74) is 2.13. The van der Waals surface area contributed by atoms with E-state index >= 15 is 0 Å². The van der Waals surface area contributed by atoms with E-state index in [1.165, 1.54) is 49.1 Å². The Morgan fingerprint density at radius 3 is 0.686 bits per heavy atom. The van der Waals surface area contributed by atoms with Gasteiger partial charge in [0.15, 0.2) is 0 Å². The maximum absolute atomic E-state index is 11.0. The molecule has 0 saturated heterocycles. The first-order valence-electron chi connectivity index (χ1n) is 14.7. The fourth-order valence-electron chi connectivity index (χ4n) is 3.21. The van der Waals surface area contributed by atoms with Crippen LogP contribution in [0, 0.1) is 0 Å². The summed E-state index contributed by atoms with van der Waals surface area (Å²) >= 11 is 0. The third-order valence-corrected chi connectivity index (χ3v) is 5.48. The van der Waals surface area contributed by atoms with Crippen molar-refractivity contribution in [3.05, 3.63) is 119 Å². The van der Waals surface area contributed by atoms with Crippen molar-refractivity contribution in [1.82, 2.24) is 0 Å². The molecule has 15 heteroatoms. The van der Waals surface area contributed by atoms with Crippen LogP contribution < -0.4 is 40.9 Å². The van der Waals surface area contributed by atoms with Crippen molar-refractivity contribution in [1.29, 1.82) is 0 Å². The largest absolute Gasteiger partial charge is 0.872 e. The maximum atomic E-state index is 11.0. The number of nitrogens with zero attached hydrogens (tertiary/aromatic N) is 4. The van der Waals surface area contributed by atoms with E-state index in [0.29, 0.717) is 22.3 Å². The SMILES string of the molecule is O.[Mn].[Mn].[O-]CCN=Cc1ccccc1[O-].[O-]CCN=Cc1ccccc1[O-].[O-]CCN=Cc1ccccc1[O-].[O-]CCN=Cc1ccccc1[O-]. The van der Waals surface area contributed by atoms with Crippen LogP contribution in [0.25, 0.3) is 0 Å². The molecule has 0 spiro atoms. The zero-order valence-electron chi connectivity index (χ0n) is 27.5. The molecule has 0 aromatic heterocycles. The predicted octanol–water partition coefficient (Wildman–Crippen LogP) is -2.67. The van der Waals surface area contributed by atoms with Crippen LogP contribution in [0.1, 0.15) is 22.3 Å². The number of hydrogen-bond acceptors (Lipinski definition) is 12. The molecule has 0 fully saturated rings. The van der Waals surface area contributed by atoms with Crippen molar-refractivity contribution in [3.63, 3.8) is 0 Å². The Bertz CT molecular complexity index is 1330. The molecule has 0 unspecified atom stereocenters. The van der Waals surface area contributed by atoms with Gasteiger partial charge in [0.25, 0.3) is 0 Å². The second-order valence-electron chi connectivity index (χ2n) is 9.11. The molecule has 0 amide bonds. The van der Waals surface area contributed by atoms with Crippen molar-refractivity contribution in [2.24, 2.45) is 20.0 Å². The fraction of sp³-hybridized carbons (Fsp3) is 0.222. The van der Waals surface area contributed by atoms with E-state index in [9.17, 15) is 40.9 Å². The van der Waals surface area contributed by atoms with Crippen molar-refractivity contribution in [3.8, 4) is 23.0 Å². The molecule has 0 aliphatic rings. The average Bonchev–Trinajstić information content (AvgIpc) is 3.10. The third kappa shape index (κ3) is 24.4. The summed E-state index contributed by atoms with van der Waals surface area (Å²) in [6, 6.07) is 26.3. The molecule has 4 aromatic rings. The molecule has 0 saturated carbocycles. The van der Waals surface area contributed by atoms with E-state index in [1.54, 1.807) is 72.8 Å². The molecule has 0 heterocycles. The Morgan fingerprint density at radius 1 is 0.353 bits per heavy atom.